The van der Waals surface area contributed by atoms with Crippen LogP contribution in [0.1, 0.15) is 12.0 Å². The van der Waals surface area contributed by atoms with E-state index in [9.17, 15) is 18.0 Å². The highest BCUT2D eigenvalue weighted by Crippen LogP contribution is 2.40. The highest BCUT2D eigenvalue weighted by Gasteiger charge is 2.30. The maximum atomic E-state index is 12.6. The second-order valence-electron chi connectivity index (χ2n) is 5.57. The summed E-state index contributed by atoms with van der Waals surface area (Å²) in [5, 5.41) is 2.55. The molecule has 3 rings (SSSR count). The predicted octanol–water partition coefficient (Wildman–Crippen LogP) is 4.64. The van der Waals surface area contributed by atoms with E-state index in [2.05, 4.69) is 5.32 Å². The van der Waals surface area contributed by atoms with E-state index in [1.807, 2.05) is 12.1 Å². The van der Waals surface area contributed by atoms with Gasteiger partial charge in [0, 0.05) is 11.3 Å². The molecule has 2 aromatic carbocycles. The number of benzene rings is 2. The van der Waals surface area contributed by atoms with Crippen molar-refractivity contribution in [2.75, 3.05) is 18.5 Å². The first-order chi connectivity index (χ1) is 12.4. The molecule has 1 aliphatic rings. The molecule has 0 spiro atoms. The van der Waals surface area contributed by atoms with Gasteiger partial charge in [0.25, 0.3) is 0 Å². The number of hydrogen-bond donors (Lipinski definition) is 1. The third kappa shape index (κ3) is 5.08. The predicted molar refractivity (Wildman–Crippen MR) is 92.7 cm³/mol. The topological polar surface area (TPSA) is 47.6 Å². The molecule has 1 amide bonds. The number of carbonyl (C=O) groups is 1. The number of nitrogens with one attached hydrogen (secondary N) is 1. The number of aryl methyl sites for hydroxylation is 1. The van der Waals surface area contributed by atoms with E-state index >= 15 is 0 Å². The van der Waals surface area contributed by atoms with Crippen LogP contribution in [-0.4, -0.2) is 24.6 Å². The average molecular weight is 383 g/mol. The van der Waals surface area contributed by atoms with Gasteiger partial charge in [-0.3, -0.25) is 4.79 Å². The molecule has 1 heterocycles. The van der Waals surface area contributed by atoms with Gasteiger partial charge in [0.05, 0.1) is 5.69 Å². The third-order valence-corrected chi connectivity index (χ3v) is 4.44. The Morgan fingerprint density at radius 1 is 1.08 bits per heavy atom. The molecular weight excluding hydrogens is 367 g/mol. The Hall–Kier alpha value is -2.35. The molecule has 4 nitrogen and oxygen atoms in total. The molecule has 0 saturated carbocycles. The van der Waals surface area contributed by atoms with Gasteiger partial charge in [-0.1, -0.05) is 18.2 Å². The number of thioether (sulfide) groups is 1. The van der Waals surface area contributed by atoms with E-state index in [1.165, 1.54) is 18.2 Å². The lowest BCUT2D eigenvalue weighted by atomic mass is 10.1. The zero-order valence-electron chi connectivity index (χ0n) is 13.6. The molecule has 138 valence electrons. The Morgan fingerprint density at radius 3 is 2.58 bits per heavy atom. The molecule has 2 aromatic rings. The van der Waals surface area contributed by atoms with E-state index in [1.54, 1.807) is 12.1 Å². The lowest BCUT2D eigenvalue weighted by Gasteiger charge is -2.18. The molecule has 0 aromatic heterocycles. The monoisotopic (exact) mass is 383 g/mol. The number of carbonyl (C=O) groups excluding carboxylic acids is 1. The van der Waals surface area contributed by atoms with E-state index in [4.69, 9.17) is 9.47 Å². The second kappa shape index (κ2) is 7.90. The molecular formula is C18H16F3NO3S. The van der Waals surface area contributed by atoms with Crippen molar-refractivity contribution in [1.82, 2.24) is 0 Å². The van der Waals surface area contributed by atoms with Crippen molar-refractivity contribution in [2.45, 2.75) is 23.2 Å². The van der Waals surface area contributed by atoms with Crippen molar-refractivity contribution >= 4 is 23.4 Å². The van der Waals surface area contributed by atoms with Crippen LogP contribution in [0.4, 0.5) is 18.9 Å². The van der Waals surface area contributed by atoms with Crippen LogP contribution in [0.2, 0.25) is 0 Å². The first-order valence-corrected chi connectivity index (χ1v) is 8.75. The van der Waals surface area contributed by atoms with Crippen LogP contribution in [0.15, 0.2) is 47.4 Å². The van der Waals surface area contributed by atoms with Crippen molar-refractivity contribution in [3.63, 3.8) is 0 Å². The summed E-state index contributed by atoms with van der Waals surface area (Å²) in [6.07, 6.45) is 0.585. The van der Waals surface area contributed by atoms with Crippen LogP contribution in [0, 0.1) is 0 Å². The number of rotatable bonds is 5. The molecule has 26 heavy (non-hydrogen) atoms. The summed E-state index contributed by atoms with van der Waals surface area (Å²) in [7, 11) is 0. The number of hydrogen-bond acceptors (Lipinski definition) is 4. The largest absolute Gasteiger partial charge is 0.486 e. The molecule has 0 bridgehead atoms. The van der Waals surface area contributed by atoms with E-state index < -0.39 is 5.51 Å². The first kappa shape index (κ1) is 18.4. The van der Waals surface area contributed by atoms with Gasteiger partial charge in [0.1, 0.15) is 13.2 Å². The Morgan fingerprint density at radius 2 is 1.81 bits per heavy atom. The lowest BCUT2D eigenvalue weighted by Crippen LogP contribution is -2.16. The summed E-state index contributed by atoms with van der Waals surface area (Å²) < 4.78 is 48.7. The Kier molecular flexibility index (Phi) is 5.61. The minimum atomic E-state index is -4.41. The zero-order chi connectivity index (χ0) is 18.6. The Bertz CT molecular complexity index is 795. The van der Waals surface area contributed by atoms with Crippen LogP contribution in [0.5, 0.6) is 11.5 Å². The summed E-state index contributed by atoms with van der Waals surface area (Å²) in [5.41, 5.74) is -3.36. The summed E-state index contributed by atoms with van der Waals surface area (Å²) in [4.78, 5) is 12.1. The smallest absolute Gasteiger partial charge is 0.446 e. The van der Waals surface area contributed by atoms with Gasteiger partial charge in [0.2, 0.25) is 5.91 Å². The number of ether oxygens (including phenoxy) is 2. The van der Waals surface area contributed by atoms with Crippen molar-refractivity contribution in [2.24, 2.45) is 0 Å². The third-order valence-electron chi connectivity index (χ3n) is 3.63. The van der Waals surface area contributed by atoms with Gasteiger partial charge < -0.3 is 14.8 Å². The van der Waals surface area contributed by atoms with Gasteiger partial charge in [0.15, 0.2) is 11.5 Å². The van der Waals surface area contributed by atoms with Crippen LogP contribution < -0.4 is 14.8 Å². The number of halogens is 3. The number of fused-ring (bicyclic) bond motifs is 1. The van der Waals surface area contributed by atoms with Gasteiger partial charge >= 0.3 is 5.51 Å². The fraction of sp³-hybridized carbons (Fsp3) is 0.278. The normalized spacial score (nSPS) is 13.3. The maximum absolute atomic E-state index is 12.6. The van der Waals surface area contributed by atoms with Crippen molar-refractivity contribution in [3.05, 3.63) is 48.0 Å². The maximum Gasteiger partial charge on any atom is 0.446 e. The number of anilines is 1. The Balaban J connectivity index is 1.60. The van der Waals surface area contributed by atoms with E-state index in [-0.39, 0.29) is 34.7 Å². The average Bonchev–Trinajstić information content (AvgIpc) is 2.60. The fourth-order valence-corrected chi connectivity index (χ4v) is 3.12. The SMILES string of the molecule is O=C(CCc1ccc2c(c1)OCCO2)Nc1ccccc1SC(F)(F)F. The molecule has 0 atom stereocenters. The van der Waals surface area contributed by atoms with Crippen LogP contribution in [0.3, 0.4) is 0 Å². The molecule has 1 N–H and O–H groups in total. The lowest BCUT2D eigenvalue weighted by molar-refractivity contribution is -0.116. The molecule has 0 radical (unpaired) electrons. The summed E-state index contributed by atoms with van der Waals surface area (Å²) in [6.45, 7) is 0.981. The summed E-state index contributed by atoms with van der Waals surface area (Å²) >= 11 is -0.246. The summed E-state index contributed by atoms with van der Waals surface area (Å²) in [5.74, 6) is 0.957. The highest BCUT2D eigenvalue weighted by atomic mass is 32.2. The minimum Gasteiger partial charge on any atom is -0.486 e. The van der Waals surface area contributed by atoms with Crippen LogP contribution in [0.25, 0.3) is 0 Å². The number of amides is 1. The molecule has 0 aliphatic carbocycles. The van der Waals surface area contributed by atoms with Crippen molar-refractivity contribution < 1.29 is 27.4 Å². The molecule has 8 heteroatoms. The van der Waals surface area contributed by atoms with Crippen molar-refractivity contribution in [1.29, 1.82) is 0 Å². The Labute approximate surface area is 152 Å². The number of alkyl halides is 3. The van der Waals surface area contributed by atoms with Crippen molar-refractivity contribution in [3.8, 4) is 11.5 Å². The van der Waals surface area contributed by atoms with E-state index in [0.29, 0.717) is 31.1 Å². The zero-order valence-corrected chi connectivity index (χ0v) is 14.5. The number of para-hydroxylation sites is 1. The minimum absolute atomic E-state index is 0.0346. The summed E-state index contributed by atoms with van der Waals surface area (Å²) in [6, 6.07) is 11.3. The first-order valence-electron chi connectivity index (χ1n) is 7.94. The molecule has 0 unspecified atom stereocenters. The van der Waals surface area contributed by atoms with Gasteiger partial charge in [-0.15, -0.1) is 0 Å². The molecule has 1 aliphatic heterocycles. The quantitative estimate of drug-likeness (QED) is 0.764. The van der Waals surface area contributed by atoms with Gasteiger partial charge in [-0.2, -0.15) is 13.2 Å². The van der Waals surface area contributed by atoms with Crippen LogP contribution >= 0.6 is 11.8 Å². The standard InChI is InChI=1S/C18H16F3NO3S/c19-18(20,21)26-16-4-2-1-3-13(16)22-17(23)8-6-12-5-7-14-15(11-12)25-10-9-24-14/h1-5,7,11H,6,8-10H2,(H,22,23). The molecule has 0 saturated heterocycles. The van der Waals surface area contributed by atoms with Gasteiger partial charge in [-0.25, -0.2) is 0 Å². The van der Waals surface area contributed by atoms with Crippen LogP contribution in [-0.2, 0) is 11.2 Å². The second-order valence-corrected chi connectivity index (χ2v) is 6.68. The van der Waals surface area contributed by atoms with E-state index in [0.717, 1.165) is 5.56 Å². The highest BCUT2D eigenvalue weighted by molar-refractivity contribution is 8.00. The fourth-order valence-electron chi connectivity index (χ4n) is 2.50. The van der Waals surface area contributed by atoms with Gasteiger partial charge in [-0.05, 0) is 48.0 Å². The molecule has 0 fully saturated rings.